The highest BCUT2D eigenvalue weighted by Crippen LogP contribution is 2.29. The van der Waals surface area contributed by atoms with Crippen molar-refractivity contribution >= 4 is 11.8 Å². The van der Waals surface area contributed by atoms with Gasteiger partial charge in [-0.2, -0.15) is 5.26 Å². The van der Waals surface area contributed by atoms with Crippen LogP contribution in [0, 0.1) is 31.0 Å². The zero-order valence-electron chi connectivity index (χ0n) is 9.32. The summed E-state index contributed by atoms with van der Waals surface area (Å²) in [5, 5.41) is 9.19. The zero-order valence-corrected chi connectivity index (χ0v) is 10.1. The van der Waals surface area contributed by atoms with Crippen LogP contribution in [-0.2, 0) is 0 Å². The van der Waals surface area contributed by atoms with Crippen molar-refractivity contribution in [2.24, 2.45) is 0 Å². The molecule has 0 atom stereocenters. The van der Waals surface area contributed by atoms with E-state index in [1.165, 1.54) is 23.9 Å². The van der Waals surface area contributed by atoms with Crippen LogP contribution in [0.1, 0.15) is 17.0 Å². The lowest BCUT2D eigenvalue weighted by atomic mass is 10.2. The van der Waals surface area contributed by atoms with E-state index in [-0.39, 0.29) is 5.56 Å². The number of halogens is 1. The lowest BCUT2D eigenvalue weighted by molar-refractivity contribution is 0.431. The minimum absolute atomic E-state index is 0.285. The molecule has 3 nitrogen and oxygen atoms in total. The summed E-state index contributed by atoms with van der Waals surface area (Å²) >= 11 is 1.20. The van der Waals surface area contributed by atoms with Gasteiger partial charge in [-0.05, 0) is 43.8 Å². The fraction of sp³-hybridized carbons (Fsp3) is 0.167. The van der Waals surface area contributed by atoms with Gasteiger partial charge in [-0.15, -0.1) is 0 Å². The van der Waals surface area contributed by atoms with Crippen LogP contribution in [0.2, 0.25) is 0 Å². The summed E-state index contributed by atoms with van der Waals surface area (Å²) < 4.78 is 18.6. The molecule has 0 N–H and O–H groups in total. The Morgan fingerprint density at radius 3 is 2.71 bits per heavy atom. The lowest BCUT2D eigenvalue weighted by Crippen LogP contribution is -1.82. The van der Waals surface area contributed by atoms with E-state index in [1.54, 1.807) is 6.07 Å². The fourth-order valence-electron chi connectivity index (χ4n) is 1.27. The normalized spacial score (nSPS) is 10.2. The maximum atomic E-state index is 13.2. The highest BCUT2D eigenvalue weighted by atomic mass is 32.2. The first kappa shape index (κ1) is 11.7. The van der Waals surface area contributed by atoms with Gasteiger partial charge < -0.3 is 4.42 Å². The van der Waals surface area contributed by atoms with Crippen LogP contribution in [0.25, 0.3) is 0 Å². The van der Waals surface area contributed by atoms with Crippen molar-refractivity contribution in [2.45, 2.75) is 24.0 Å². The topological polar surface area (TPSA) is 49.8 Å². The number of benzene rings is 1. The smallest absolute Gasteiger partial charge is 0.260 e. The van der Waals surface area contributed by atoms with Gasteiger partial charge in [-0.25, -0.2) is 9.37 Å². The molecule has 2 rings (SSSR count). The number of aromatic nitrogens is 1. The Kier molecular flexibility index (Phi) is 3.16. The number of nitriles is 1. The zero-order chi connectivity index (χ0) is 12.4. The van der Waals surface area contributed by atoms with Gasteiger partial charge in [0.2, 0.25) is 0 Å². The van der Waals surface area contributed by atoms with Crippen molar-refractivity contribution < 1.29 is 8.81 Å². The van der Waals surface area contributed by atoms with Crippen LogP contribution < -0.4 is 0 Å². The molecular weight excluding hydrogens is 239 g/mol. The number of hydrogen-bond donors (Lipinski definition) is 0. The van der Waals surface area contributed by atoms with E-state index in [0.29, 0.717) is 10.1 Å². The highest BCUT2D eigenvalue weighted by Gasteiger charge is 2.09. The molecule has 1 heterocycles. The number of nitrogens with zero attached hydrogens (tertiary/aromatic N) is 2. The van der Waals surface area contributed by atoms with Crippen LogP contribution in [0.5, 0.6) is 0 Å². The molecule has 1 aromatic heterocycles. The molecule has 0 aliphatic heterocycles. The summed E-state index contributed by atoms with van der Waals surface area (Å²) in [5.41, 5.74) is 1.09. The van der Waals surface area contributed by atoms with Crippen LogP contribution >= 0.6 is 11.8 Å². The van der Waals surface area contributed by atoms with Crippen molar-refractivity contribution in [1.29, 1.82) is 5.26 Å². The monoisotopic (exact) mass is 248 g/mol. The number of oxazole rings is 1. The van der Waals surface area contributed by atoms with Gasteiger partial charge in [-0.3, -0.25) is 0 Å². The van der Waals surface area contributed by atoms with E-state index in [0.717, 1.165) is 11.5 Å². The average Bonchev–Trinajstić information content (AvgIpc) is 2.57. The molecular formula is C12H9FN2OS. The van der Waals surface area contributed by atoms with Gasteiger partial charge in [0, 0.05) is 4.90 Å². The summed E-state index contributed by atoms with van der Waals surface area (Å²) in [6.45, 7) is 3.66. The molecule has 0 aliphatic carbocycles. The molecule has 0 aliphatic rings. The SMILES string of the molecule is Cc1nc(Sc2cc(F)cc(C#N)c2)oc1C. The predicted molar refractivity (Wildman–Crippen MR) is 61.2 cm³/mol. The van der Waals surface area contributed by atoms with Crippen molar-refractivity contribution in [1.82, 2.24) is 4.98 Å². The molecule has 0 saturated heterocycles. The Morgan fingerprint density at radius 2 is 2.12 bits per heavy atom. The van der Waals surface area contributed by atoms with Gasteiger partial charge in [0.15, 0.2) is 0 Å². The van der Waals surface area contributed by atoms with E-state index in [2.05, 4.69) is 4.98 Å². The van der Waals surface area contributed by atoms with Gasteiger partial charge >= 0.3 is 0 Å². The number of aryl methyl sites for hydroxylation is 2. The second-order valence-electron chi connectivity index (χ2n) is 3.51. The summed E-state index contributed by atoms with van der Waals surface area (Å²) in [6, 6.07) is 6.04. The first-order valence-electron chi connectivity index (χ1n) is 4.91. The number of hydrogen-bond acceptors (Lipinski definition) is 4. The Labute approximate surface area is 102 Å². The average molecular weight is 248 g/mol. The first-order chi connectivity index (χ1) is 8.08. The summed E-state index contributed by atoms with van der Waals surface area (Å²) in [4.78, 5) is 4.78. The second-order valence-corrected chi connectivity index (χ2v) is 4.54. The van der Waals surface area contributed by atoms with Crippen LogP contribution in [0.4, 0.5) is 4.39 Å². The van der Waals surface area contributed by atoms with E-state index < -0.39 is 5.82 Å². The molecule has 86 valence electrons. The maximum Gasteiger partial charge on any atom is 0.260 e. The Bertz CT molecular complexity index is 582. The molecule has 0 unspecified atom stereocenters. The molecule has 1 aromatic carbocycles. The van der Waals surface area contributed by atoms with E-state index in [1.807, 2.05) is 19.9 Å². The van der Waals surface area contributed by atoms with E-state index in [4.69, 9.17) is 9.68 Å². The summed E-state index contributed by atoms with van der Waals surface area (Å²) in [5.74, 6) is 0.302. The van der Waals surface area contributed by atoms with E-state index in [9.17, 15) is 4.39 Å². The minimum Gasteiger partial charge on any atom is -0.436 e. The first-order valence-corrected chi connectivity index (χ1v) is 5.72. The Hall–Kier alpha value is -1.80. The second kappa shape index (κ2) is 4.60. The van der Waals surface area contributed by atoms with Crippen molar-refractivity contribution in [3.63, 3.8) is 0 Å². The third-order valence-electron chi connectivity index (χ3n) is 2.21. The van der Waals surface area contributed by atoms with Gasteiger partial charge in [0.25, 0.3) is 5.22 Å². The molecule has 0 bridgehead atoms. The minimum atomic E-state index is -0.438. The maximum absolute atomic E-state index is 13.2. The van der Waals surface area contributed by atoms with Crippen LogP contribution in [0.15, 0.2) is 32.7 Å². The predicted octanol–water partition coefficient (Wildman–Crippen LogP) is 3.45. The molecule has 0 amide bonds. The largest absolute Gasteiger partial charge is 0.436 e. The molecule has 0 spiro atoms. The molecule has 0 saturated carbocycles. The molecule has 5 heteroatoms. The van der Waals surface area contributed by atoms with Gasteiger partial charge in [-0.1, -0.05) is 0 Å². The van der Waals surface area contributed by atoms with Crippen molar-refractivity contribution in [3.05, 3.63) is 41.0 Å². The number of rotatable bonds is 2. The molecule has 2 aromatic rings. The molecule has 17 heavy (non-hydrogen) atoms. The van der Waals surface area contributed by atoms with E-state index >= 15 is 0 Å². The molecule has 0 radical (unpaired) electrons. The van der Waals surface area contributed by atoms with Crippen LogP contribution in [-0.4, -0.2) is 4.98 Å². The molecule has 0 fully saturated rings. The standard InChI is InChI=1S/C12H9FN2OS/c1-7-8(2)16-12(15-7)17-11-4-9(6-14)3-10(13)5-11/h3-5H,1-2H3. The lowest BCUT2D eigenvalue weighted by Gasteiger charge is -1.98. The van der Waals surface area contributed by atoms with Gasteiger partial charge in [0.05, 0.1) is 17.3 Å². The third-order valence-corrected chi connectivity index (χ3v) is 3.04. The van der Waals surface area contributed by atoms with Crippen molar-refractivity contribution in [3.8, 4) is 6.07 Å². The van der Waals surface area contributed by atoms with Crippen LogP contribution in [0.3, 0.4) is 0 Å². The fourth-order valence-corrected chi connectivity index (χ4v) is 2.18. The quantitative estimate of drug-likeness (QED) is 0.816. The Morgan fingerprint density at radius 1 is 1.35 bits per heavy atom. The Balaban J connectivity index is 2.30. The highest BCUT2D eigenvalue weighted by molar-refractivity contribution is 7.99. The van der Waals surface area contributed by atoms with Gasteiger partial charge in [0.1, 0.15) is 11.6 Å². The summed E-state index contributed by atoms with van der Waals surface area (Å²) in [6.07, 6.45) is 0. The summed E-state index contributed by atoms with van der Waals surface area (Å²) in [7, 11) is 0. The third kappa shape index (κ3) is 2.66. The van der Waals surface area contributed by atoms with Crippen molar-refractivity contribution in [2.75, 3.05) is 0 Å².